The van der Waals surface area contributed by atoms with E-state index >= 15 is 0 Å². The molecule has 10 heteroatoms. The molecule has 27 heavy (non-hydrogen) atoms. The zero-order chi connectivity index (χ0) is 19.8. The van der Waals surface area contributed by atoms with E-state index in [0.717, 1.165) is 23.7 Å². The molecule has 3 heterocycles. The normalized spacial score (nSPS) is 21.3. The minimum absolute atomic E-state index is 0.00999. The molecule has 2 aliphatic heterocycles. The number of hydrogen-bond donors (Lipinski definition) is 1. The van der Waals surface area contributed by atoms with E-state index < -0.39 is 10.2 Å². The second kappa shape index (κ2) is 7.69. The van der Waals surface area contributed by atoms with E-state index in [0.29, 0.717) is 43.0 Å². The van der Waals surface area contributed by atoms with Gasteiger partial charge in [0.05, 0.1) is 11.3 Å². The van der Waals surface area contributed by atoms with E-state index in [4.69, 9.17) is 0 Å². The van der Waals surface area contributed by atoms with Crippen LogP contribution >= 0.6 is 0 Å². The summed E-state index contributed by atoms with van der Waals surface area (Å²) in [6, 6.07) is 0. The first-order valence-electron chi connectivity index (χ1n) is 9.31. The lowest BCUT2D eigenvalue weighted by atomic mass is 9.96. The van der Waals surface area contributed by atoms with E-state index in [1.54, 1.807) is 0 Å². The molecule has 0 bridgehead atoms. The molecular formula is C17H27N5O4S. The van der Waals surface area contributed by atoms with Crippen LogP contribution in [0.1, 0.15) is 49.2 Å². The van der Waals surface area contributed by atoms with Crippen LogP contribution in [0.2, 0.25) is 0 Å². The van der Waals surface area contributed by atoms with Gasteiger partial charge in [0.15, 0.2) is 0 Å². The molecule has 0 saturated carbocycles. The number of hydrogen-bond acceptors (Lipinski definition) is 5. The molecule has 0 aromatic carbocycles. The van der Waals surface area contributed by atoms with E-state index in [1.807, 2.05) is 11.8 Å². The molecule has 0 aliphatic carbocycles. The van der Waals surface area contributed by atoms with Gasteiger partial charge in [-0.15, -0.1) is 0 Å². The van der Waals surface area contributed by atoms with Crippen LogP contribution in [0.25, 0.3) is 0 Å². The highest BCUT2D eigenvalue weighted by Gasteiger charge is 2.32. The number of likely N-dealkylation sites (tertiary alicyclic amines) is 1. The van der Waals surface area contributed by atoms with Gasteiger partial charge < -0.3 is 9.88 Å². The van der Waals surface area contributed by atoms with Crippen LogP contribution in [0.4, 0.5) is 0 Å². The quantitative estimate of drug-likeness (QED) is 0.773. The summed E-state index contributed by atoms with van der Waals surface area (Å²) in [5.41, 5.74) is 0.790. The van der Waals surface area contributed by atoms with Gasteiger partial charge in [-0.2, -0.15) is 17.0 Å². The minimum Gasteiger partial charge on any atom is -0.342 e. The maximum absolute atomic E-state index is 12.6. The van der Waals surface area contributed by atoms with Gasteiger partial charge in [0.25, 0.3) is 15.8 Å². The lowest BCUT2D eigenvalue weighted by Gasteiger charge is -2.33. The average Bonchev–Trinajstić information content (AvgIpc) is 2.66. The summed E-state index contributed by atoms with van der Waals surface area (Å²) in [5.74, 6) is 0.733. The molecule has 1 fully saturated rings. The van der Waals surface area contributed by atoms with Crippen molar-refractivity contribution in [3.05, 3.63) is 27.4 Å². The molecule has 1 N–H and O–H groups in total. The van der Waals surface area contributed by atoms with Gasteiger partial charge in [0.1, 0.15) is 5.82 Å². The topological polar surface area (TPSA) is 107 Å². The van der Waals surface area contributed by atoms with E-state index in [2.05, 4.69) is 9.97 Å². The molecule has 150 valence electrons. The molecule has 2 aliphatic rings. The monoisotopic (exact) mass is 397 g/mol. The van der Waals surface area contributed by atoms with Crippen molar-refractivity contribution in [2.75, 3.05) is 33.7 Å². The Labute approximate surface area is 159 Å². The fraction of sp³-hybridized carbons (Fsp3) is 0.706. The third-order valence-electron chi connectivity index (χ3n) is 5.30. The Hall–Kier alpha value is -1.78. The summed E-state index contributed by atoms with van der Waals surface area (Å²) in [5, 5.41) is 0. The van der Waals surface area contributed by atoms with Crippen molar-refractivity contribution < 1.29 is 13.2 Å². The highest BCUT2D eigenvalue weighted by Crippen LogP contribution is 2.26. The first-order chi connectivity index (χ1) is 12.7. The van der Waals surface area contributed by atoms with Crippen molar-refractivity contribution in [1.29, 1.82) is 0 Å². The number of nitrogens with zero attached hydrogens (tertiary/aromatic N) is 4. The zero-order valence-electron chi connectivity index (χ0n) is 16.1. The molecule has 1 aromatic heterocycles. The highest BCUT2D eigenvalue weighted by atomic mass is 32.2. The standard InChI is InChI=1S/C17H27N5O4S/c1-4-15(23)21-8-5-6-12(10-21)16-18-14-7-9-22(27(25,26)20(2)3)11-13(14)17(24)19-16/h12H,4-11H2,1-3H3,(H,18,19,24). The SMILES string of the molecule is CCC(=O)N1CCCC(c2nc3c(c(=O)[nH]2)CN(S(=O)(=O)N(C)C)CC3)C1. The van der Waals surface area contributed by atoms with Crippen molar-refractivity contribution in [2.45, 2.75) is 45.1 Å². The first kappa shape index (κ1) is 20.0. The van der Waals surface area contributed by atoms with Crippen LogP contribution in [0, 0.1) is 0 Å². The molecule has 1 atom stereocenters. The predicted molar refractivity (Wildman–Crippen MR) is 100 cm³/mol. The third kappa shape index (κ3) is 3.92. The van der Waals surface area contributed by atoms with Gasteiger partial charge in [-0.05, 0) is 12.8 Å². The second-order valence-corrected chi connectivity index (χ2v) is 9.42. The Bertz CT molecular complexity index is 880. The molecular weight excluding hydrogens is 370 g/mol. The van der Waals surface area contributed by atoms with Crippen molar-refractivity contribution in [3.8, 4) is 0 Å². The number of rotatable bonds is 4. The Balaban J connectivity index is 1.84. The van der Waals surface area contributed by atoms with Gasteiger partial charge in [-0.3, -0.25) is 9.59 Å². The number of H-pyrrole nitrogens is 1. The van der Waals surface area contributed by atoms with Gasteiger partial charge in [0.2, 0.25) is 5.91 Å². The van der Waals surface area contributed by atoms with Crippen molar-refractivity contribution in [3.63, 3.8) is 0 Å². The molecule has 1 aromatic rings. The fourth-order valence-corrected chi connectivity index (χ4v) is 4.77. The molecule has 9 nitrogen and oxygen atoms in total. The Kier molecular flexibility index (Phi) is 5.68. The zero-order valence-corrected chi connectivity index (χ0v) is 16.9. The summed E-state index contributed by atoms with van der Waals surface area (Å²) in [7, 11) is -0.618. The highest BCUT2D eigenvalue weighted by molar-refractivity contribution is 7.86. The summed E-state index contributed by atoms with van der Waals surface area (Å²) >= 11 is 0. The van der Waals surface area contributed by atoms with Crippen LogP contribution in [0.3, 0.4) is 0 Å². The van der Waals surface area contributed by atoms with Crippen molar-refractivity contribution in [1.82, 2.24) is 23.5 Å². The lowest BCUT2D eigenvalue weighted by molar-refractivity contribution is -0.132. The number of amides is 1. The molecule has 0 spiro atoms. The Morgan fingerprint density at radius 2 is 2.07 bits per heavy atom. The summed E-state index contributed by atoms with van der Waals surface area (Å²) in [4.78, 5) is 34.0. The largest absolute Gasteiger partial charge is 0.342 e. The summed E-state index contributed by atoms with van der Waals surface area (Å²) < 4.78 is 27.1. The number of aromatic nitrogens is 2. The van der Waals surface area contributed by atoms with Crippen LogP contribution in [0.15, 0.2) is 4.79 Å². The molecule has 1 amide bonds. The molecule has 1 saturated heterocycles. The van der Waals surface area contributed by atoms with E-state index in [1.165, 1.54) is 18.4 Å². The van der Waals surface area contributed by atoms with Crippen LogP contribution in [-0.2, 0) is 28.0 Å². The fourth-order valence-electron chi connectivity index (χ4n) is 3.69. The van der Waals surface area contributed by atoms with Crippen LogP contribution < -0.4 is 5.56 Å². The van der Waals surface area contributed by atoms with Crippen LogP contribution in [0.5, 0.6) is 0 Å². The van der Waals surface area contributed by atoms with E-state index in [-0.39, 0.29) is 23.9 Å². The number of nitrogens with one attached hydrogen (secondary N) is 1. The minimum atomic E-state index is -3.57. The van der Waals surface area contributed by atoms with Gasteiger partial charge in [0, 0.05) is 59.0 Å². The van der Waals surface area contributed by atoms with Crippen molar-refractivity contribution in [2.24, 2.45) is 0 Å². The van der Waals surface area contributed by atoms with Gasteiger partial charge in [-0.25, -0.2) is 4.98 Å². The average molecular weight is 398 g/mol. The maximum atomic E-state index is 12.6. The number of piperidine rings is 1. The number of aromatic amines is 1. The number of fused-ring (bicyclic) bond motifs is 1. The van der Waals surface area contributed by atoms with Gasteiger partial charge >= 0.3 is 0 Å². The summed E-state index contributed by atoms with van der Waals surface area (Å²) in [6.07, 6.45) is 2.63. The van der Waals surface area contributed by atoms with Gasteiger partial charge in [-0.1, -0.05) is 6.92 Å². The molecule has 1 unspecified atom stereocenters. The molecule has 3 rings (SSSR count). The second-order valence-electron chi connectivity index (χ2n) is 7.28. The first-order valence-corrected chi connectivity index (χ1v) is 10.7. The summed E-state index contributed by atoms with van der Waals surface area (Å²) in [6.45, 7) is 3.49. The lowest BCUT2D eigenvalue weighted by Crippen LogP contribution is -2.45. The molecule has 0 radical (unpaired) electrons. The maximum Gasteiger partial charge on any atom is 0.281 e. The van der Waals surface area contributed by atoms with E-state index in [9.17, 15) is 18.0 Å². The third-order valence-corrected chi connectivity index (χ3v) is 7.19. The number of carbonyl (C=O) groups excluding carboxylic acids is 1. The van der Waals surface area contributed by atoms with Crippen molar-refractivity contribution >= 4 is 16.1 Å². The predicted octanol–water partition coefficient (Wildman–Crippen LogP) is 0.0504. The number of carbonyl (C=O) groups is 1. The Morgan fingerprint density at radius 3 is 2.74 bits per heavy atom. The smallest absolute Gasteiger partial charge is 0.281 e. The van der Waals surface area contributed by atoms with Crippen LogP contribution in [-0.4, -0.2) is 71.5 Å². The Morgan fingerprint density at radius 1 is 1.33 bits per heavy atom.